The molecule has 0 heterocycles. The molecule has 2 heteroatoms. The summed E-state index contributed by atoms with van der Waals surface area (Å²) in [6, 6.07) is 8.16. The van der Waals surface area contributed by atoms with Gasteiger partial charge in [-0.05, 0) is 62.6 Å². The predicted molar refractivity (Wildman–Crippen MR) is 102 cm³/mol. The van der Waals surface area contributed by atoms with E-state index in [1.165, 1.54) is 68.9 Å². The molecule has 0 atom stereocenters. The Morgan fingerprint density at radius 2 is 1.79 bits per heavy atom. The molecule has 0 spiro atoms. The van der Waals surface area contributed by atoms with E-state index in [2.05, 4.69) is 30.4 Å². The van der Waals surface area contributed by atoms with Crippen LogP contribution in [0.15, 0.2) is 35.9 Å². The molecule has 1 aliphatic rings. The van der Waals surface area contributed by atoms with Gasteiger partial charge in [0.2, 0.25) is 0 Å². The van der Waals surface area contributed by atoms with Gasteiger partial charge in [-0.2, -0.15) is 0 Å². The Hall–Kier alpha value is -1.57. The molecule has 1 aromatic carbocycles. The number of rotatable bonds is 10. The highest BCUT2D eigenvalue weighted by Gasteiger charge is 2.07. The van der Waals surface area contributed by atoms with E-state index < -0.39 is 0 Å². The van der Waals surface area contributed by atoms with Crippen LogP contribution in [0.3, 0.4) is 0 Å². The van der Waals surface area contributed by atoms with Crippen molar-refractivity contribution in [2.45, 2.75) is 77.6 Å². The zero-order valence-corrected chi connectivity index (χ0v) is 15.3. The van der Waals surface area contributed by atoms with E-state index in [0.717, 1.165) is 24.9 Å². The summed E-state index contributed by atoms with van der Waals surface area (Å²) in [6.45, 7) is 3.00. The Labute approximate surface area is 147 Å². The maximum Gasteiger partial charge on any atom is 0.251 e. The van der Waals surface area contributed by atoms with Crippen molar-refractivity contribution in [3.8, 4) is 0 Å². The van der Waals surface area contributed by atoms with E-state index in [9.17, 15) is 4.79 Å². The minimum atomic E-state index is 0.0564. The highest BCUT2D eigenvalue weighted by molar-refractivity contribution is 5.94. The van der Waals surface area contributed by atoms with Crippen molar-refractivity contribution in [2.24, 2.45) is 0 Å². The summed E-state index contributed by atoms with van der Waals surface area (Å²) in [7, 11) is 0. The fourth-order valence-electron chi connectivity index (χ4n) is 3.33. The Kier molecular flexibility index (Phi) is 8.65. The Morgan fingerprint density at radius 3 is 2.50 bits per heavy atom. The van der Waals surface area contributed by atoms with Crippen molar-refractivity contribution >= 4 is 5.91 Å². The number of carbonyl (C=O) groups excluding carboxylic acids is 1. The molecule has 1 aromatic rings. The smallest absolute Gasteiger partial charge is 0.251 e. The Bertz CT molecular complexity index is 515. The summed E-state index contributed by atoms with van der Waals surface area (Å²) in [4.78, 5) is 12.2. The quantitative estimate of drug-likeness (QED) is 0.426. The van der Waals surface area contributed by atoms with Crippen LogP contribution in [0, 0.1) is 0 Å². The number of nitrogens with one attached hydrogen (secondary N) is 1. The van der Waals surface area contributed by atoms with Crippen LogP contribution in [0.2, 0.25) is 0 Å². The maximum absolute atomic E-state index is 12.2. The average molecular weight is 328 g/mol. The second-order valence-corrected chi connectivity index (χ2v) is 6.98. The minimum absolute atomic E-state index is 0.0564. The van der Waals surface area contributed by atoms with Crippen molar-refractivity contribution in [2.75, 3.05) is 6.54 Å². The fraction of sp³-hybridized carbons (Fsp3) is 0.591. The van der Waals surface area contributed by atoms with Gasteiger partial charge in [-0.25, -0.2) is 0 Å². The number of aryl methyl sites for hydroxylation is 1. The van der Waals surface area contributed by atoms with E-state index in [4.69, 9.17) is 0 Å². The molecule has 0 radical (unpaired) electrons. The van der Waals surface area contributed by atoms with E-state index >= 15 is 0 Å². The van der Waals surface area contributed by atoms with Crippen LogP contribution < -0.4 is 5.32 Å². The first-order valence-electron chi connectivity index (χ1n) is 9.84. The highest BCUT2D eigenvalue weighted by atomic mass is 16.1. The minimum Gasteiger partial charge on any atom is -0.352 e. The molecule has 0 saturated carbocycles. The molecule has 0 unspecified atom stereocenters. The molecule has 0 aromatic heterocycles. The first-order chi connectivity index (χ1) is 11.8. The molecule has 1 amide bonds. The van der Waals surface area contributed by atoms with Gasteiger partial charge in [0.05, 0.1) is 0 Å². The molecular weight excluding hydrogens is 294 g/mol. The molecule has 2 nitrogen and oxygen atoms in total. The molecule has 132 valence electrons. The van der Waals surface area contributed by atoms with E-state index in [1.54, 1.807) is 0 Å². The molecule has 0 saturated heterocycles. The Balaban J connectivity index is 1.67. The van der Waals surface area contributed by atoms with Gasteiger partial charge in [0.25, 0.3) is 5.91 Å². The van der Waals surface area contributed by atoms with Gasteiger partial charge in [-0.15, -0.1) is 0 Å². The summed E-state index contributed by atoms with van der Waals surface area (Å²) >= 11 is 0. The van der Waals surface area contributed by atoms with Crippen LogP contribution in [-0.2, 0) is 6.42 Å². The van der Waals surface area contributed by atoms with Crippen molar-refractivity contribution in [3.63, 3.8) is 0 Å². The van der Waals surface area contributed by atoms with Crippen molar-refractivity contribution in [3.05, 3.63) is 47.0 Å². The third-order valence-corrected chi connectivity index (χ3v) is 4.90. The molecular formula is C22H33NO. The molecule has 1 N–H and O–H groups in total. The summed E-state index contributed by atoms with van der Waals surface area (Å²) < 4.78 is 0. The van der Waals surface area contributed by atoms with Crippen molar-refractivity contribution in [1.82, 2.24) is 5.32 Å². The van der Waals surface area contributed by atoms with Crippen LogP contribution in [0.25, 0.3) is 0 Å². The van der Waals surface area contributed by atoms with Crippen LogP contribution in [-0.4, -0.2) is 12.5 Å². The third kappa shape index (κ3) is 6.90. The third-order valence-electron chi connectivity index (χ3n) is 4.90. The molecule has 1 aliphatic carbocycles. The van der Waals surface area contributed by atoms with E-state index in [-0.39, 0.29) is 5.91 Å². The van der Waals surface area contributed by atoms with E-state index in [1.807, 2.05) is 12.1 Å². The maximum atomic E-state index is 12.2. The van der Waals surface area contributed by atoms with Crippen LogP contribution >= 0.6 is 0 Å². The number of hydrogen-bond donors (Lipinski definition) is 1. The molecule has 0 bridgehead atoms. The van der Waals surface area contributed by atoms with Crippen LogP contribution in [0.5, 0.6) is 0 Å². The second-order valence-electron chi connectivity index (χ2n) is 6.98. The lowest BCUT2D eigenvalue weighted by atomic mass is 9.97. The largest absolute Gasteiger partial charge is 0.352 e. The fourth-order valence-corrected chi connectivity index (χ4v) is 3.33. The lowest BCUT2D eigenvalue weighted by Crippen LogP contribution is -2.24. The van der Waals surface area contributed by atoms with Crippen molar-refractivity contribution in [1.29, 1.82) is 0 Å². The van der Waals surface area contributed by atoms with Gasteiger partial charge in [-0.3, -0.25) is 4.79 Å². The summed E-state index contributed by atoms with van der Waals surface area (Å²) in [5.74, 6) is 0.0564. The van der Waals surface area contributed by atoms with Gasteiger partial charge in [0.15, 0.2) is 0 Å². The average Bonchev–Trinajstić information content (AvgIpc) is 2.63. The topological polar surface area (TPSA) is 29.1 Å². The monoisotopic (exact) mass is 327 g/mol. The van der Waals surface area contributed by atoms with Gasteiger partial charge < -0.3 is 5.32 Å². The number of allylic oxidation sites excluding steroid dienone is 1. The first kappa shape index (κ1) is 18.8. The second kappa shape index (κ2) is 11.1. The number of hydrogen-bond acceptors (Lipinski definition) is 1. The molecule has 24 heavy (non-hydrogen) atoms. The van der Waals surface area contributed by atoms with Gasteiger partial charge in [0.1, 0.15) is 0 Å². The van der Waals surface area contributed by atoms with Crippen LogP contribution in [0.4, 0.5) is 0 Å². The highest BCUT2D eigenvalue weighted by Crippen LogP contribution is 2.19. The zero-order chi connectivity index (χ0) is 17.0. The predicted octanol–water partition coefficient (Wildman–Crippen LogP) is 5.82. The summed E-state index contributed by atoms with van der Waals surface area (Å²) in [6.07, 6.45) is 16.1. The first-order valence-corrected chi connectivity index (χ1v) is 9.84. The normalized spacial score (nSPS) is 14.3. The molecule has 2 rings (SSSR count). The summed E-state index contributed by atoms with van der Waals surface area (Å²) in [5, 5.41) is 3.05. The number of carbonyl (C=O) groups is 1. The molecule has 0 fully saturated rings. The lowest BCUT2D eigenvalue weighted by molar-refractivity contribution is 0.0954. The van der Waals surface area contributed by atoms with Crippen LogP contribution in [0.1, 0.15) is 87.1 Å². The zero-order valence-electron chi connectivity index (χ0n) is 15.3. The number of amides is 1. The van der Waals surface area contributed by atoms with Gasteiger partial charge in [0, 0.05) is 12.1 Å². The van der Waals surface area contributed by atoms with E-state index in [0.29, 0.717) is 0 Å². The van der Waals surface area contributed by atoms with Gasteiger partial charge in [-0.1, -0.05) is 56.4 Å². The number of benzene rings is 1. The summed E-state index contributed by atoms with van der Waals surface area (Å²) in [5.41, 5.74) is 3.64. The molecule has 0 aliphatic heterocycles. The van der Waals surface area contributed by atoms with Crippen molar-refractivity contribution < 1.29 is 4.79 Å². The Morgan fingerprint density at radius 1 is 1.00 bits per heavy atom. The van der Waals surface area contributed by atoms with Gasteiger partial charge >= 0.3 is 0 Å². The number of unbranched alkanes of at least 4 members (excludes halogenated alkanes) is 4. The standard InChI is InChI=1S/C22H33NO/c1-2-3-4-5-7-12-20-13-15-21(16-14-20)22(24)23-18-17-19-10-8-6-9-11-19/h10,13-16H,2-9,11-12,17-18H2,1H3,(H,23,24). The lowest BCUT2D eigenvalue weighted by Gasteiger charge is -2.13. The SMILES string of the molecule is CCCCCCCc1ccc(C(=O)NCCC2=CCCCC2)cc1.